The fraction of sp³-hybridized carbons (Fsp3) is 0.391. The number of para-hydroxylation sites is 1. The highest BCUT2D eigenvalue weighted by Gasteiger charge is 2.31. The minimum absolute atomic E-state index is 0.0389. The number of hydrogen-bond donors (Lipinski definition) is 2. The van der Waals surface area contributed by atoms with Crippen LogP contribution in [-0.2, 0) is 9.53 Å². The van der Waals surface area contributed by atoms with Crippen molar-refractivity contribution in [3.63, 3.8) is 0 Å². The van der Waals surface area contributed by atoms with Crippen molar-refractivity contribution >= 4 is 34.1 Å². The second-order valence-electron chi connectivity index (χ2n) is 8.16. The van der Waals surface area contributed by atoms with Gasteiger partial charge in [0.15, 0.2) is 0 Å². The second-order valence-corrected chi connectivity index (χ2v) is 8.59. The summed E-state index contributed by atoms with van der Waals surface area (Å²) in [6, 6.07) is 12.2. The minimum atomic E-state index is -0.0389. The third-order valence-corrected chi connectivity index (χ3v) is 6.10. The first-order valence-electron chi connectivity index (χ1n) is 10.6. The Balaban J connectivity index is 1.41. The summed E-state index contributed by atoms with van der Waals surface area (Å²) in [6.45, 7) is 4.47. The Hall–Kier alpha value is -2.93. The molecule has 0 bridgehead atoms. The van der Waals surface area contributed by atoms with Crippen LogP contribution < -0.4 is 16.4 Å². The molecule has 4 rings (SSSR count). The van der Waals surface area contributed by atoms with Crippen molar-refractivity contribution in [2.75, 3.05) is 31.1 Å². The van der Waals surface area contributed by atoms with Crippen molar-refractivity contribution in [3.8, 4) is 0 Å². The van der Waals surface area contributed by atoms with Gasteiger partial charge >= 0.3 is 0 Å². The number of fused-ring (bicyclic) bond motifs is 1. The van der Waals surface area contributed by atoms with E-state index in [9.17, 15) is 4.79 Å². The van der Waals surface area contributed by atoms with E-state index in [0.29, 0.717) is 37.8 Å². The molecule has 164 valence electrons. The van der Waals surface area contributed by atoms with Crippen LogP contribution in [-0.4, -0.2) is 48.0 Å². The van der Waals surface area contributed by atoms with Crippen LogP contribution in [0.1, 0.15) is 19.8 Å². The molecule has 31 heavy (non-hydrogen) atoms. The molecule has 0 radical (unpaired) electrons. The number of halogens is 1. The third-order valence-electron chi connectivity index (χ3n) is 5.99. The highest BCUT2D eigenvalue weighted by molar-refractivity contribution is 6.29. The zero-order chi connectivity index (χ0) is 22.0. The molecule has 2 aliphatic rings. The van der Waals surface area contributed by atoms with Crippen LogP contribution in [0.2, 0.25) is 0 Å². The number of Topliss-reactive ketones (excluding diaryl/α,β-unsaturated/α-hetero) is 1. The second kappa shape index (κ2) is 9.06. The number of piperidine rings is 1. The summed E-state index contributed by atoms with van der Waals surface area (Å²) in [7, 11) is 0. The average molecular weight is 442 g/mol. The third kappa shape index (κ3) is 4.88. The smallest absolute Gasteiger partial charge is 0.208 e. The van der Waals surface area contributed by atoms with Gasteiger partial charge in [-0.3, -0.25) is 4.79 Å². The molecule has 1 aromatic carbocycles. The van der Waals surface area contributed by atoms with E-state index in [4.69, 9.17) is 32.8 Å². The Morgan fingerprint density at radius 1 is 1.16 bits per heavy atom. The number of benzene rings is 1. The molecule has 3 heterocycles. The number of carbonyl (C=O) groups excluding carboxylic acids is 1. The quantitative estimate of drug-likeness (QED) is 0.404. The number of ether oxygens (including phenoxy) is 1. The first-order chi connectivity index (χ1) is 14.9. The summed E-state index contributed by atoms with van der Waals surface area (Å²) in [5.74, 6) is 1.57. The molecule has 0 saturated carbocycles. The van der Waals surface area contributed by atoms with E-state index in [1.807, 2.05) is 24.3 Å². The van der Waals surface area contributed by atoms with Crippen molar-refractivity contribution < 1.29 is 9.53 Å². The van der Waals surface area contributed by atoms with Crippen LogP contribution in [0.4, 0.5) is 5.82 Å². The predicted octanol–water partition coefficient (Wildman–Crippen LogP) is 2.91. The highest BCUT2D eigenvalue weighted by atomic mass is 35.5. The van der Waals surface area contributed by atoms with Crippen LogP contribution in [0, 0.1) is 5.92 Å². The summed E-state index contributed by atoms with van der Waals surface area (Å²) in [6.07, 6.45) is 3.16. The number of ketones is 1. The summed E-state index contributed by atoms with van der Waals surface area (Å²) in [5.41, 5.74) is 13.7. The Morgan fingerprint density at radius 2 is 1.87 bits per heavy atom. The SMILES string of the molecule is CC(=O)C1CCN(C(/C=C(\N)Cl)=C(/N)OC2CN(c3ccc4ccccc4n3)C2)CC1. The van der Waals surface area contributed by atoms with Gasteiger partial charge in [-0.25, -0.2) is 4.98 Å². The van der Waals surface area contributed by atoms with Crippen molar-refractivity contribution in [2.24, 2.45) is 17.4 Å². The molecular weight excluding hydrogens is 414 g/mol. The van der Waals surface area contributed by atoms with Gasteiger partial charge in [0.25, 0.3) is 0 Å². The maximum absolute atomic E-state index is 11.7. The number of allylic oxidation sites excluding steroid dienone is 1. The molecule has 2 saturated heterocycles. The van der Waals surface area contributed by atoms with Crippen LogP contribution in [0.25, 0.3) is 10.9 Å². The lowest BCUT2D eigenvalue weighted by Crippen LogP contribution is -2.53. The Labute approximate surface area is 187 Å². The molecule has 8 heteroatoms. The molecule has 0 spiro atoms. The van der Waals surface area contributed by atoms with Gasteiger partial charge in [-0.05, 0) is 38.0 Å². The monoisotopic (exact) mass is 441 g/mol. The lowest BCUT2D eigenvalue weighted by atomic mass is 9.93. The molecule has 0 unspecified atom stereocenters. The summed E-state index contributed by atoms with van der Waals surface area (Å²) in [4.78, 5) is 20.6. The molecule has 1 aromatic heterocycles. The standard InChI is InChI=1S/C23H28ClN5O2/c1-15(30)16-8-10-28(11-9-16)20(12-21(24)25)23(26)31-18-13-29(14-18)22-7-6-17-4-2-3-5-19(17)27-22/h2-7,12,16,18H,8-11,13-14,25-26H2,1H3/b21-12-,23-20-. The van der Waals surface area contributed by atoms with Gasteiger partial charge in [-0.2, -0.15) is 0 Å². The van der Waals surface area contributed by atoms with E-state index < -0.39 is 0 Å². The van der Waals surface area contributed by atoms with Gasteiger partial charge in [0, 0.05) is 30.5 Å². The van der Waals surface area contributed by atoms with E-state index >= 15 is 0 Å². The fourth-order valence-electron chi connectivity index (χ4n) is 4.15. The first-order valence-corrected chi connectivity index (χ1v) is 10.9. The molecule has 4 N–H and O–H groups in total. The van der Waals surface area contributed by atoms with Gasteiger partial charge < -0.3 is 26.0 Å². The van der Waals surface area contributed by atoms with Crippen molar-refractivity contribution in [1.29, 1.82) is 0 Å². The number of nitrogens with zero attached hydrogens (tertiary/aromatic N) is 3. The lowest BCUT2D eigenvalue weighted by molar-refractivity contribution is -0.121. The number of hydrogen-bond acceptors (Lipinski definition) is 7. The van der Waals surface area contributed by atoms with Gasteiger partial charge in [-0.1, -0.05) is 29.8 Å². The number of carbonyl (C=O) groups is 1. The van der Waals surface area contributed by atoms with Crippen LogP contribution in [0.15, 0.2) is 59.2 Å². The number of aromatic nitrogens is 1. The molecule has 0 atom stereocenters. The Morgan fingerprint density at radius 3 is 2.55 bits per heavy atom. The number of anilines is 1. The van der Waals surface area contributed by atoms with Gasteiger partial charge in [0.05, 0.1) is 18.6 Å². The predicted molar refractivity (Wildman–Crippen MR) is 123 cm³/mol. The van der Waals surface area contributed by atoms with Crippen molar-refractivity contribution in [2.45, 2.75) is 25.9 Å². The van der Waals surface area contributed by atoms with Crippen LogP contribution in [0.5, 0.6) is 0 Å². The van der Waals surface area contributed by atoms with Gasteiger partial charge in [-0.15, -0.1) is 0 Å². The number of likely N-dealkylation sites (tertiary alicyclic amines) is 1. The maximum Gasteiger partial charge on any atom is 0.208 e. The van der Waals surface area contributed by atoms with E-state index in [2.05, 4.69) is 21.9 Å². The fourth-order valence-corrected chi connectivity index (χ4v) is 4.25. The normalized spacial score (nSPS) is 19.2. The van der Waals surface area contributed by atoms with E-state index in [1.54, 1.807) is 13.0 Å². The van der Waals surface area contributed by atoms with Crippen molar-refractivity contribution in [1.82, 2.24) is 9.88 Å². The highest BCUT2D eigenvalue weighted by Crippen LogP contribution is 2.27. The number of pyridine rings is 1. The Kier molecular flexibility index (Phi) is 6.23. The maximum atomic E-state index is 11.7. The summed E-state index contributed by atoms with van der Waals surface area (Å²) in [5, 5.41) is 1.27. The van der Waals surface area contributed by atoms with Gasteiger partial charge in [0.2, 0.25) is 5.88 Å². The van der Waals surface area contributed by atoms with E-state index in [1.165, 1.54) is 0 Å². The minimum Gasteiger partial charge on any atom is -0.471 e. The van der Waals surface area contributed by atoms with E-state index in [0.717, 1.165) is 29.6 Å². The first kappa shape index (κ1) is 21.3. The molecule has 2 aliphatic heterocycles. The van der Waals surface area contributed by atoms with Crippen molar-refractivity contribution in [3.05, 3.63) is 59.2 Å². The van der Waals surface area contributed by atoms with Crippen LogP contribution in [0.3, 0.4) is 0 Å². The number of nitrogens with two attached hydrogens (primary N) is 2. The largest absolute Gasteiger partial charge is 0.471 e. The summed E-state index contributed by atoms with van der Waals surface area (Å²) >= 11 is 5.95. The Bertz CT molecular complexity index is 1020. The van der Waals surface area contributed by atoms with Crippen LogP contribution >= 0.6 is 11.6 Å². The molecule has 2 fully saturated rings. The number of rotatable bonds is 6. The topological polar surface area (TPSA) is 97.7 Å². The molecule has 0 amide bonds. The molecule has 2 aromatic rings. The zero-order valence-electron chi connectivity index (χ0n) is 17.6. The molecule has 0 aliphatic carbocycles. The van der Waals surface area contributed by atoms with E-state index in [-0.39, 0.29) is 23.0 Å². The average Bonchev–Trinajstić information content (AvgIpc) is 2.73. The summed E-state index contributed by atoms with van der Waals surface area (Å²) < 4.78 is 6.04. The lowest BCUT2D eigenvalue weighted by Gasteiger charge is -2.40. The molecule has 7 nitrogen and oxygen atoms in total. The molecular formula is C23H28ClN5O2. The van der Waals surface area contributed by atoms with Gasteiger partial charge in [0.1, 0.15) is 28.6 Å². The zero-order valence-corrected chi connectivity index (χ0v) is 18.4.